The molecule has 0 aliphatic carbocycles. The average Bonchev–Trinajstić information content (AvgIpc) is 3.13. The Morgan fingerprint density at radius 3 is 2.28 bits per heavy atom. The van der Waals surface area contributed by atoms with Gasteiger partial charge in [-0.3, -0.25) is 19.7 Å². The lowest BCUT2D eigenvalue weighted by Crippen LogP contribution is -2.31. The first-order chi connectivity index (χ1) is 13.9. The topological polar surface area (TPSA) is 104 Å². The first-order valence-electron chi connectivity index (χ1n) is 8.75. The molecule has 0 saturated carbocycles. The number of hydrogen-bond acceptors (Lipinski definition) is 6. The van der Waals surface area contributed by atoms with Crippen molar-refractivity contribution in [1.82, 2.24) is 15.1 Å². The summed E-state index contributed by atoms with van der Waals surface area (Å²) in [6, 6.07) is 16.1. The SMILES string of the molecule is Cc1nnc(NC(=O)C(=O)Nc2ccccc2C(=O)N(C)Cc2ccccc2)s1. The second-order valence-corrected chi connectivity index (χ2v) is 7.41. The quantitative estimate of drug-likeness (QED) is 0.631. The van der Waals surface area contributed by atoms with Crippen molar-refractivity contribution >= 4 is 39.9 Å². The molecule has 1 aromatic heterocycles. The zero-order valence-electron chi connectivity index (χ0n) is 15.9. The predicted molar refractivity (Wildman–Crippen MR) is 111 cm³/mol. The van der Waals surface area contributed by atoms with Crippen LogP contribution in [0.1, 0.15) is 20.9 Å². The lowest BCUT2D eigenvalue weighted by molar-refractivity contribution is -0.133. The lowest BCUT2D eigenvalue weighted by Gasteiger charge is -2.19. The Kier molecular flexibility index (Phi) is 6.30. The molecule has 148 valence electrons. The number of rotatable bonds is 5. The number of benzene rings is 2. The monoisotopic (exact) mass is 409 g/mol. The summed E-state index contributed by atoms with van der Waals surface area (Å²) in [4.78, 5) is 38.8. The fraction of sp³-hybridized carbons (Fsp3) is 0.150. The van der Waals surface area contributed by atoms with E-state index in [0.29, 0.717) is 17.1 Å². The maximum Gasteiger partial charge on any atom is 0.315 e. The Hall–Kier alpha value is -3.59. The van der Waals surface area contributed by atoms with Crippen LogP contribution in [0.2, 0.25) is 0 Å². The molecule has 3 amide bonds. The van der Waals surface area contributed by atoms with Crippen molar-refractivity contribution in [3.8, 4) is 0 Å². The molecule has 0 radical (unpaired) electrons. The average molecular weight is 409 g/mol. The molecule has 0 atom stereocenters. The van der Waals surface area contributed by atoms with Crippen LogP contribution in [0.25, 0.3) is 0 Å². The minimum atomic E-state index is -0.899. The van der Waals surface area contributed by atoms with Crippen LogP contribution in [0.15, 0.2) is 54.6 Å². The number of aromatic nitrogens is 2. The van der Waals surface area contributed by atoms with Gasteiger partial charge in [0.05, 0.1) is 11.3 Å². The number of para-hydroxylation sites is 1. The third kappa shape index (κ3) is 5.23. The maximum absolute atomic E-state index is 12.9. The summed E-state index contributed by atoms with van der Waals surface area (Å²) in [5, 5.41) is 13.3. The smallest absolute Gasteiger partial charge is 0.315 e. The van der Waals surface area contributed by atoms with Crippen molar-refractivity contribution in [2.45, 2.75) is 13.5 Å². The highest BCUT2D eigenvalue weighted by molar-refractivity contribution is 7.15. The van der Waals surface area contributed by atoms with Crippen molar-refractivity contribution in [2.24, 2.45) is 0 Å². The normalized spacial score (nSPS) is 10.3. The number of aryl methyl sites for hydroxylation is 1. The molecule has 3 aromatic rings. The molecule has 9 heteroatoms. The van der Waals surface area contributed by atoms with Gasteiger partial charge in [-0.05, 0) is 24.6 Å². The Morgan fingerprint density at radius 1 is 0.931 bits per heavy atom. The second kappa shape index (κ2) is 9.07. The van der Waals surface area contributed by atoms with Gasteiger partial charge in [0, 0.05) is 13.6 Å². The molecule has 0 spiro atoms. The van der Waals surface area contributed by atoms with Crippen LogP contribution < -0.4 is 10.6 Å². The minimum Gasteiger partial charge on any atom is -0.337 e. The van der Waals surface area contributed by atoms with E-state index in [9.17, 15) is 14.4 Å². The van der Waals surface area contributed by atoms with E-state index >= 15 is 0 Å². The van der Waals surface area contributed by atoms with E-state index in [2.05, 4.69) is 20.8 Å². The van der Waals surface area contributed by atoms with Gasteiger partial charge in [-0.15, -0.1) is 10.2 Å². The summed E-state index contributed by atoms with van der Waals surface area (Å²) in [7, 11) is 1.68. The highest BCUT2D eigenvalue weighted by atomic mass is 32.1. The summed E-state index contributed by atoms with van der Waals surface area (Å²) < 4.78 is 0. The van der Waals surface area contributed by atoms with Gasteiger partial charge in [0.25, 0.3) is 5.91 Å². The molecule has 3 rings (SSSR count). The fourth-order valence-corrected chi connectivity index (χ4v) is 3.18. The van der Waals surface area contributed by atoms with E-state index in [1.54, 1.807) is 43.1 Å². The number of nitrogens with zero attached hydrogens (tertiary/aromatic N) is 3. The van der Waals surface area contributed by atoms with E-state index in [-0.39, 0.29) is 16.7 Å². The van der Waals surface area contributed by atoms with Gasteiger partial charge in [0.15, 0.2) is 0 Å². The second-order valence-electron chi connectivity index (χ2n) is 6.23. The molecule has 2 N–H and O–H groups in total. The Morgan fingerprint density at radius 2 is 1.59 bits per heavy atom. The van der Waals surface area contributed by atoms with Gasteiger partial charge in [-0.1, -0.05) is 53.8 Å². The van der Waals surface area contributed by atoms with Crippen molar-refractivity contribution in [2.75, 3.05) is 17.7 Å². The van der Waals surface area contributed by atoms with E-state index in [4.69, 9.17) is 0 Å². The fourth-order valence-electron chi connectivity index (χ4n) is 2.59. The summed E-state index contributed by atoms with van der Waals surface area (Å²) in [5.41, 5.74) is 1.53. The zero-order valence-corrected chi connectivity index (χ0v) is 16.7. The molecule has 0 unspecified atom stereocenters. The molecule has 2 aromatic carbocycles. The number of carbonyl (C=O) groups excluding carboxylic acids is 3. The van der Waals surface area contributed by atoms with Gasteiger partial charge in [-0.25, -0.2) is 0 Å². The van der Waals surface area contributed by atoms with Crippen molar-refractivity contribution < 1.29 is 14.4 Å². The molecule has 0 bridgehead atoms. The van der Waals surface area contributed by atoms with Crippen LogP contribution in [0, 0.1) is 6.92 Å². The first kappa shape index (κ1) is 20.2. The van der Waals surface area contributed by atoms with E-state index in [0.717, 1.165) is 16.9 Å². The molecule has 29 heavy (non-hydrogen) atoms. The minimum absolute atomic E-state index is 0.231. The van der Waals surface area contributed by atoms with Crippen LogP contribution >= 0.6 is 11.3 Å². The summed E-state index contributed by atoms with van der Waals surface area (Å²) in [5.74, 6) is -2.06. The van der Waals surface area contributed by atoms with Gasteiger partial charge < -0.3 is 10.2 Å². The first-order valence-corrected chi connectivity index (χ1v) is 9.56. The number of hydrogen-bond donors (Lipinski definition) is 2. The largest absolute Gasteiger partial charge is 0.337 e. The van der Waals surface area contributed by atoms with Gasteiger partial charge in [0.2, 0.25) is 5.13 Å². The van der Waals surface area contributed by atoms with Crippen LogP contribution in [0.4, 0.5) is 10.8 Å². The zero-order chi connectivity index (χ0) is 20.8. The molecule has 0 aliphatic heterocycles. The Balaban J connectivity index is 1.70. The summed E-state index contributed by atoms with van der Waals surface area (Å²) in [6.07, 6.45) is 0. The molecule has 0 aliphatic rings. The van der Waals surface area contributed by atoms with Crippen molar-refractivity contribution in [3.05, 3.63) is 70.7 Å². The molecular formula is C20H19N5O3S. The highest BCUT2D eigenvalue weighted by Crippen LogP contribution is 2.19. The maximum atomic E-state index is 12.9. The van der Waals surface area contributed by atoms with E-state index in [1.165, 1.54) is 0 Å². The number of carbonyl (C=O) groups is 3. The standard InChI is InChI=1S/C20H19N5O3S/c1-13-23-24-20(29-13)22-18(27)17(26)21-16-11-7-6-10-15(16)19(28)25(2)12-14-8-4-3-5-9-14/h3-11H,12H2,1-2H3,(H,21,26)(H,22,24,27). The number of nitrogens with one attached hydrogen (secondary N) is 2. The van der Waals surface area contributed by atoms with Gasteiger partial charge in [-0.2, -0.15) is 0 Å². The molecule has 0 saturated heterocycles. The van der Waals surface area contributed by atoms with Crippen molar-refractivity contribution in [3.63, 3.8) is 0 Å². The molecular weight excluding hydrogens is 390 g/mol. The Bertz CT molecular complexity index is 1040. The van der Waals surface area contributed by atoms with E-state index in [1.807, 2.05) is 30.3 Å². The molecule has 1 heterocycles. The van der Waals surface area contributed by atoms with E-state index < -0.39 is 11.8 Å². The van der Waals surface area contributed by atoms with Crippen LogP contribution in [0.3, 0.4) is 0 Å². The van der Waals surface area contributed by atoms with Crippen LogP contribution in [-0.4, -0.2) is 39.9 Å². The predicted octanol–water partition coefficient (Wildman–Crippen LogP) is 2.70. The Labute approximate surface area is 171 Å². The molecule has 0 fully saturated rings. The highest BCUT2D eigenvalue weighted by Gasteiger charge is 2.21. The van der Waals surface area contributed by atoms with Gasteiger partial charge >= 0.3 is 11.8 Å². The third-order valence-electron chi connectivity index (χ3n) is 3.97. The lowest BCUT2D eigenvalue weighted by atomic mass is 10.1. The number of anilines is 2. The van der Waals surface area contributed by atoms with Crippen molar-refractivity contribution in [1.29, 1.82) is 0 Å². The van der Waals surface area contributed by atoms with Crippen LogP contribution in [-0.2, 0) is 16.1 Å². The summed E-state index contributed by atoms with van der Waals surface area (Å²) >= 11 is 1.16. The van der Waals surface area contributed by atoms with Gasteiger partial charge in [0.1, 0.15) is 5.01 Å². The number of amides is 3. The third-order valence-corrected chi connectivity index (χ3v) is 4.72. The van der Waals surface area contributed by atoms with Crippen LogP contribution in [0.5, 0.6) is 0 Å². The summed E-state index contributed by atoms with van der Waals surface area (Å²) in [6.45, 7) is 2.15. The molecule has 8 nitrogen and oxygen atoms in total.